The smallest absolute Gasteiger partial charge is 0.339 e. The molecule has 0 aliphatic heterocycles. The molecular formula is C22H21ClFN3O3. The lowest BCUT2D eigenvalue weighted by molar-refractivity contribution is 0.0694. The van der Waals surface area contributed by atoms with Crippen LogP contribution in [0.25, 0.3) is 0 Å². The number of halogens is 2. The van der Waals surface area contributed by atoms with Gasteiger partial charge >= 0.3 is 5.97 Å². The van der Waals surface area contributed by atoms with Crippen LogP contribution in [0.2, 0.25) is 5.02 Å². The van der Waals surface area contributed by atoms with Crippen molar-refractivity contribution in [2.24, 2.45) is 0 Å². The van der Waals surface area contributed by atoms with Crippen LogP contribution >= 0.6 is 11.6 Å². The van der Waals surface area contributed by atoms with Gasteiger partial charge in [0.05, 0.1) is 22.8 Å². The molecule has 0 radical (unpaired) electrons. The van der Waals surface area contributed by atoms with E-state index in [1.807, 2.05) is 19.1 Å². The van der Waals surface area contributed by atoms with Gasteiger partial charge in [-0.25, -0.2) is 19.2 Å². The Labute approximate surface area is 178 Å². The second-order valence-electron chi connectivity index (χ2n) is 6.73. The van der Waals surface area contributed by atoms with Gasteiger partial charge < -0.3 is 15.2 Å². The quantitative estimate of drug-likeness (QED) is 0.515. The molecular weight excluding hydrogens is 409 g/mol. The number of hydrogen-bond acceptors (Lipinski definition) is 5. The summed E-state index contributed by atoms with van der Waals surface area (Å²) in [5.41, 5.74) is 1.34. The Morgan fingerprint density at radius 1 is 1.20 bits per heavy atom. The van der Waals surface area contributed by atoms with Gasteiger partial charge in [-0.3, -0.25) is 0 Å². The molecule has 1 aromatic heterocycles. The van der Waals surface area contributed by atoms with Gasteiger partial charge in [0.25, 0.3) is 0 Å². The monoisotopic (exact) mass is 429 g/mol. The second kappa shape index (κ2) is 10.0. The highest BCUT2D eigenvalue weighted by Gasteiger charge is 2.15. The minimum atomic E-state index is -1.09. The van der Waals surface area contributed by atoms with Gasteiger partial charge in [-0.15, -0.1) is 0 Å². The van der Waals surface area contributed by atoms with E-state index in [0.717, 1.165) is 5.56 Å². The van der Waals surface area contributed by atoms with Crippen LogP contribution in [0.15, 0.2) is 54.7 Å². The van der Waals surface area contributed by atoms with E-state index in [1.54, 1.807) is 24.3 Å². The van der Waals surface area contributed by atoms with Crippen molar-refractivity contribution >= 4 is 23.5 Å². The molecule has 30 heavy (non-hydrogen) atoms. The summed E-state index contributed by atoms with van der Waals surface area (Å²) in [6.07, 6.45) is 1.98. The number of aryl methyl sites for hydroxylation is 2. The molecule has 156 valence electrons. The molecule has 6 nitrogen and oxygen atoms in total. The predicted molar refractivity (Wildman–Crippen MR) is 113 cm³/mol. The Kier molecular flexibility index (Phi) is 7.19. The number of carbonyl (C=O) groups is 1. The standard InChI is InChI=1S/C22H21ClFN3O3/c1-14(30-20-5-3-2-4-18(20)23)12-25-22-26-13-17(21(28)29)19(27-22)11-8-15-6-9-16(24)10-7-15/h2-7,9-10,13-14H,8,11-12H2,1H3,(H,28,29)(H,25,26,27)/t14-/m0/s1. The molecule has 1 heterocycles. The summed E-state index contributed by atoms with van der Waals surface area (Å²) in [7, 11) is 0. The maximum absolute atomic E-state index is 13.1. The van der Waals surface area contributed by atoms with Crippen LogP contribution in [0.4, 0.5) is 10.3 Å². The molecule has 0 spiro atoms. The van der Waals surface area contributed by atoms with Crippen molar-refractivity contribution in [2.45, 2.75) is 25.9 Å². The minimum Gasteiger partial charge on any atom is -0.487 e. The number of benzene rings is 2. The Bertz CT molecular complexity index is 1010. The van der Waals surface area contributed by atoms with E-state index in [9.17, 15) is 14.3 Å². The molecule has 0 unspecified atom stereocenters. The van der Waals surface area contributed by atoms with E-state index >= 15 is 0 Å². The maximum atomic E-state index is 13.1. The molecule has 0 aliphatic rings. The molecule has 0 bridgehead atoms. The first-order chi connectivity index (χ1) is 14.4. The van der Waals surface area contributed by atoms with E-state index < -0.39 is 5.97 Å². The van der Waals surface area contributed by atoms with E-state index in [0.29, 0.717) is 41.8 Å². The van der Waals surface area contributed by atoms with Gasteiger partial charge in [0.2, 0.25) is 5.95 Å². The molecule has 2 N–H and O–H groups in total. The first-order valence-electron chi connectivity index (χ1n) is 9.41. The summed E-state index contributed by atoms with van der Waals surface area (Å²) in [4.78, 5) is 20.0. The topological polar surface area (TPSA) is 84.3 Å². The summed E-state index contributed by atoms with van der Waals surface area (Å²) in [5, 5.41) is 13.0. The highest BCUT2D eigenvalue weighted by atomic mass is 35.5. The van der Waals surface area contributed by atoms with Crippen LogP contribution < -0.4 is 10.1 Å². The van der Waals surface area contributed by atoms with Crippen molar-refractivity contribution in [1.82, 2.24) is 9.97 Å². The number of nitrogens with one attached hydrogen (secondary N) is 1. The van der Waals surface area contributed by atoms with Gasteiger partial charge in [-0.1, -0.05) is 35.9 Å². The Morgan fingerprint density at radius 3 is 2.63 bits per heavy atom. The van der Waals surface area contributed by atoms with Crippen LogP contribution in [0.3, 0.4) is 0 Å². The third-order valence-electron chi connectivity index (χ3n) is 4.37. The van der Waals surface area contributed by atoms with Gasteiger partial charge in [-0.05, 0) is 49.6 Å². The molecule has 3 rings (SSSR count). The summed E-state index contributed by atoms with van der Waals surface area (Å²) in [5.74, 6) is -0.517. The van der Waals surface area contributed by atoms with Crippen LogP contribution in [0, 0.1) is 5.82 Å². The number of carboxylic acids is 1. The number of para-hydroxylation sites is 1. The van der Waals surface area contributed by atoms with Crippen molar-refractivity contribution in [1.29, 1.82) is 0 Å². The van der Waals surface area contributed by atoms with Gasteiger partial charge in [0.1, 0.15) is 17.7 Å². The van der Waals surface area contributed by atoms with Crippen molar-refractivity contribution in [3.63, 3.8) is 0 Å². The number of aromatic carboxylic acids is 1. The van der Waals surface area contributed by atoms with E-state index in [1.165, 1.54) is 18.3 Å². The fourth-order valence-corrected chi connectivity index (χ4v) is 3.00. The Hall–Kier alpha value is -3.19. The zero-order valence-electron chi connectivity index (χ0n) is 16.3. The van der Waals surface area contributed by atoms with Crippen LogP contribution in [-0.2, 0) is 12.8 Å². The zero-order valence-corrected chi connectivity index (χ0v) is 17.1. The summed E-state index contributed by atoms with van der Waals surface area (Å²) in [6, 6.07) is 13.3. The van der Waals surface area contributed by atoms with Crippen LogP contribution in [0.5, 0.6) is 5.75 Å². The zero-order chi connectivity index (χ0) is 21.5. The third kappa shape index (κ3) is 5.90. The van der Waals surface area contributed by atoms with Crippen molar-refractivity contribution in [3.8, 4) is 5.75 Å². The summed E-state index contributed by atoms with van der Waals surface area (Å²) >= 11 is 6.10. The van der Waals surface area contributed by atoms with Gasteiger partial charge in [0, 0.05) is 6.20 Å². The lowest BCUT2D eigenvalue weighted by Crippen LogP contribution is -2.24. The number of anilines is 1. The normalized spacial score (nSPS) is 11.7. The van der Waals surface area contributed by atoms with Crippen LogP contribution in [0.1, 0.15) is 28.5 Å². The SMILES string of the molecule is C[C@@H](CNc1ncc(C(=O)O)c(CCc2ccc(F)cc2)n1)Oc1ccccc1Cl. The maximum Gasteiger partial charge on any atom is 0.339 e. The number of aromatic nitrogens is 2. The number of rotatable bonds is 9. The second-order valence-corrected chi connectivity index (χ2v) is 7.13. The Morgan fingerprint density at radius 2 is 1.93 bits per heavy atom. The first kappa shape index (κ1) is 21.5. The fourth-order valence-electron chi connectivity index (χ4n) is 2.82. The molecule has 1 atom stereocenters. The van der Waals surface area contributed by atoms with Crippen molar-refractivity contribution < 1.29 is 19.0 Å². The Balaban J connectivity index is 1.65. The van der Waals surface area contributed by atoms with Gasteiger partial charge in [-0.2, -0.15) is 0 Å². The molecule has 0 saturated carbocycles. The van der Waals surface area contributed by atoms with Crippen molar-refractivity contribution in [3.05, 3.63) is 82.4 Å². The minimum absolute atomic E-state index is 0.0445. The van der Waals surface area contributed by atoms with E-state index in [4.69, 9.17) is 16.3 Å². The molecule has 0 amide bonds. The van der Waals surface area contributed by atoms with Gasteiger partial charge in [0.15, 0.2) is 0 Å². The molecule has 3 aromatic rings. The number of hydrogen-bond donors (Lipinski definition) is 2. The fraction of sp³-hybridized carbons (Fsp3) is 0.227. The molecule has 0 saturated heterocycles. The number of nitrogens with zero attached hydrogens (tertiary/aromatic N) is 2. The number of carboxylic acid groups (broad SMARTS) is 1. The molecule has 0 aliphatic carbocycles. The van der Waals surface area contributed by atoms with Crippen molar-refractivity contribution in [2.75, 3.05) is 11.9 Å². The number of ether oxygens (including phenoxy) is 1. The lowest BCUT2D eigenvalue weighted by atomic mass is 10.1. The first-order valence-corrected chi connectivity index (χ1v) is 9.79. The average molecular weight is 430 g/mol. The lowest BCUT2D eigenvalue weighted by Gasteiger charge is -2.16. The largest absolute Gasteiger partial charge is 0.487 e. The van der Waals surface area contributed by atoms with E-state index in [-0.39, 0.29) is 17.5 Å². The summed E-state index contributed by atoms with van der Waals surface area (Å²) < 4.78 is 18.9. The molecule has 2 aromatic carbocycles. The average Bonchev–Trinajstić information content (AvgIpc) is 2.73. The third-order valence-corrected chi connectivity index (χ3v) is 4.69. The highest BCUT2D eigenvalue weighted by Crippen LogP contribution is 2.24. The van der Waals surface area contributed by atoms with Crippen LogP contribution in [-0.4, -0.2) is 33.7 Å². The predicted octanol–water partition coefficient (Wildman–Crippen LogP) is 4.63. The summed E-state index contributed by atoms with van der Waals surface area (Å²) in [6.45, 7) is 2.27. The molecule has 0 fully saturated rings. The van der Waals surface area contributed by atoms with E-state index in [2.05, 4.69) is 15.3 Å². The highest BCUT2D eigenvalue weighted by molar-refractivity contribution is 6.32. The molecule has 8 heteroatoms.